The molecule has 1 heterocycles. The van der Waals surface area contributed by atoms with E-state index in [4.69, 9.17) is 5.26 Å². The summed E-state index contributed by atoms with van der Waals surface area (Å²) in [4.78, 5) is 6.88. The number of halogens is 2. The Morgan fingerprint density at radius 1 is 1.28 bits per heavy atom. The Bertz CT molecular complexity index is 876. The second-order valence-corrected chi connectivity index (χ2v) is 7.02. The second-order valence-electron chi connectivity index (χ2n) is 7.02. The van der Waals surface area contributed by atoms with Crippen LogP contribution in [0.5, 0.6) is 0 Å². The number of hydrogen-bond acceptors (Lipinski definition) is 3. The van der Waals surface area contributed by atoms with E-state index in [-0.39, 0.29) is 42.4 Å². The normalized spacial score (nSPS) is 16.1. The van der Waals surface area contributed by atoms with Crippen LogP contribution in [0.25, 0.3) is 0 Å². The second kappa shape index (κ2) is 11.0. The van der Waals surface area contributed by atoms with Gasteiger partial charge < -0.3 is 15.5 Å². The number of anilines is 1. The van der Waals surface area contributed by atoms with Gasteiger partial charge in [0.15, 0.2) is 5.96 Å². The summed E-state index contributed by atoms with van der Waals surface area (Å²) >= 11 is 0. The van der Waals surface area contributed by atoms with Gasteiger partial charge in [-0.3, -0.25) is 0 Å². The minimum Gasteiger partial charge on any atom is -0.369 e. The third-order valence-electron chi connectivity index (χ3n) is 4.85. The first-order chi connectivity index (χ1) is 13.6. The maximum Gasteiger partial charge on any atom is 0.191 e. The molecule has 1 aliphatic rings. The molecule has 5 nitrogen and oxygen atoms in total. The van der Waals surface area contributed by atoms with Crippen molar-refractivity contribution in [3.8, 4) is 6.07 Å². The quantitative estimate of drug-likeness (QED) is 0.366. The molecule has 0 amide bonds. The molecular formula is C22H27FIN5. The minimum absolute atomic E-state index is 0. The Hall–Kier alpha value is -2.34. The first-order valence-electron chi connectivity index (χ1n) is 9.64. The van der Waals surface area contributed by atoms with Gasteiger partial charge >= 0.3 is 0 Å². The lowest BCUT2D eigenvalue weighted by Gasteiger charge is -2.20. The lowest BCUT2D eigenvalue weighted by molar-refractivity contribution is 0.608. The van der Waals surface area contributed by atoms with E-state index in [1.165, 1.54) is 23.4 Å². The van der Waals surface area contributed by atoms with Gasteiger partial charge in [-0.25, -0.2) is 9.38 Å². The van der Waals surface area contributed by atoms with Crippen molar-refractivity contribution in [1.82, 2.24) is 10.6 Å². The number of nitrogens with one attached hydrogen (secondary N) is 2. The zero-order chi connectivity index (χ0) is 19.9. The van der Waals surface area contributed by atoms with Gasteiger partial charge in [-0.15, -0.1) is 24.0 Å². The van der Waals surface area contributed by atoms with Crippen LogP contribution in [-0.2, 0) is 6.54 Å². The molecular weight excluding hydrogens is 480 g/mol. The van der Waals surface area contributed by atoms with E-state index >= 15 is 0 Å². The highest BCUT2D eigenvalue weighted by Gasteiger charge is 2.23. The van der Waals surface area contributed by atoms with Crippen LogP contribution in [0.15, 0.2) is 47.5 Å². The van der Waals surface area contributed by atoms with Crippen LogP contribution in [0, 0.1) is 24.1 Å². The molecule has 154 valence electrons. The summed E-state index contributed by atoms with van der Waals surface area (Å²) in [6, 6.07) is 15.2. The molecule has 0 spiro atoms. The largest absolute Gasteiger partial charge is 0.369 e. The summed E-state index contributed by atoms with van der Waals surface area (Å²) in [6.45, 7) is 6.88. The van der Waals surface area contributed by atoms with E-state index in [9.17, 15) is 4.39 Å². The van der Waals surface area contributed by atoms with Crippen molar-refractivity contribution >= 4 is 35.6 Å². The van der Waals surface area contributed by atoms with Crippen molar-refractivity contribution in [1.29, 1.82) is 5.26 Å². The smallest absolute Gasteiger partial charge is 0.191 e. The van der Waals surface area contributed by atoms with Crippen LogP contribution in [0.4, 0.5) is 10.1 Å². The minimum atomic E-state index is -0.343. The molecule has 2 N–H and O–H groups in total. The Kier molecular flexibility index (Phi) is 8.70. The molecule has 0 radical (unpaired) electrons. The summed E-state index contributed by atoms with van der Waals surface area (Å²) < 4.78 is 14.0. The fourth-order valence-corrected chi connectivity index (χ4v) is 3.31. The third-order valence-corrected chi connectivity index (χ3v) is 4.85. The summed E-state index contributed by atoms with van der Waals surface area (Å²) in [6.07, 6.45) is 1.01. The summed E-state index contributed by atoms with van der Waals surface area (Å²) in [5.74, 6) is 0.324. The fraction of sp³-hybridized carbons (Fsp3) is 0.364. The first kappa shape index (κ1) is 22.9. The van der Waals surface area contributed by atoms with Gasteiger partial charge in [0.05, 0.1) is 18.2 Å². The number of aliphatic imine (C=N–C) groups is 1. The number of nitriles is 1. The van der Waals surface area contributed by atoms with E-state index in [1.54, 1.807) is 6.07 Å². The maximum atomic E-state index is 14.0. The van der Waals surface area contributed by atoms with Crippen molar-refractivity contribution in [3.05, 3.63) is 65.0 Å². The van der Waals surface area contributed by atoms with Crippen LogP contribution in [-0.4, -0.2) is 31.6 Å². The highest BCUT2D eigenvalue weighted by atomic mass is 127. The molecule has 3 rings (SSSR count). The lowest BCUT2D eigenvalue weighted by Crippen LogP contribution is -2.44. The van der Waals surface area contributed by atoms with Gasteiger partial charge in [0.2, 0.25) is 0 Å². The third kappa shape index (κ3) is 6.32. The first-order valence-corrected chi connectivity index (χ1v) is 9.64. The standard InChI is InChI=1S/C22H26FN5.HI/c1-3-25-22(26-14-18-12-17(13-24)6-9-21(18)23)27-19-10-11-28(15-19)20-7-4-16(2)5-8-20;/h4-9,12,19H,3,10-11,14-15H2,1-2H3,(H2,25,26,27);1H. The SMILES string of the molecule is CCNC(=NCc1cc(C#N)ccc1F)NC1CCN(c2ccc(C)cc2)C1.I. The molecule has 0 aliphatic carbocycles. The van der Waals surface area contributed by atoms with E-state index in [1.807, 2.05) is 13.0 Å². The Labute approximate surface area is 189 Å². The predicted octanol–water partition coefficient (Wildman–Crippen LogP) is 3.96. The van der Waals surface area contributed by atoms with E-state index in [2.05, 4.69) is 51.7 Å². The molecule has 1 aliphatic heterocycles. The lowest BCUT2D eigenvalue weighted by atomic mass is 10.1. The molecule has 0 bridgehead atoms. The molecule has 1 atom stereocenters. The van der Waals surface area contributed by atoms with Gasteiger partial charge in [-0.05, 0) is 50.6 Å². The van der Waals surface area contributed by atoms with Crippen LogP contribution in [0.2, 0.25) is 0 Å². The molecule has 2 aromatic rings. The molecule has 1 unspecified atom stereocenters. The number of hydrogen-bond donors (Lipinski definition) is 2. The van der Waals surface area contributed by atoms with Crippen LogP contribution in [0.1, 0.15) is 30.0 Å². The summed E-state index contributed by atoms with van der Waals surface area (Å²) in [5.41, 5.74) is 3.34. The van der Waals surface area contributed by atoms with E-state index in [0.717, 1.165) is 26.1 Å². The Morgan fingerprint density at radius 3 is 2.72 bits per heavy atom. The fourth-order valence-electron chi connectivity index (χ4n) is 3.31. The van der Waals surface area contributed by atoms with Crippen molar-refractivity contribution in [3.63, 3.8) is 0 Å². The predicted molar refractivity (Wildman–Crippen MR) is 126 cm³/mol. The molecule has 1 fully saturated rings. The van der Waals surface area contributed by atoms with Crippen molar-refractivity contribution < 1.29 is 4.39 Å². The topological polar surface area (TPSA) is 63.5 Å². The average molecular weight is 507 g/mol. The van der Waals surface area contributed by atoms with Crippen LogP contribution in [0.3, 0.4) is 0 Å². The zero-order valence-corrected chi connectivity index (χ0v) is 19.1. The van der Waals surface area contributed by atoms with Gasteiger partial charge in [0.1, 0.15) is 5.82 Å². The highest BCUT2D eigenvalue weighted by molar-refractivity contribution is 14.0. The van der Waals surface area contributed by atoms with Crippen molar-refractivity contribution in [2.24, 2.45) is 4.99 Å². The van der Waals surface area contributed by atoms with Gasteiger partial charge in [-0.1, -0.05) is 17.7 Å². The summed E-state index contributed by atoms with van der Waals surface area (Å²) in [5, 5.41) is 15.7. The molecule has 29 heavy (non-hydrogen) atoms. The number of benzene rings is 2. The van der Waals surface area contributed by atoms with E-state index < -0.39 is 0 Å². The van der Waals surface area contributed by atoms with Gasteiger partial charge in [-0.2, -0.15) is 5.26 Å². The maximum absolute atomic E-state index is 14.0. The monoisotopic (exact) mass is 507 g/mol. The number of nitrogens with zero attached hydrogens (tertiary/aromatic N) is 3. The van der Waals surface area contributed by atoms with Crippen LogP contribution >= 0.6 is 24.0 Å². The number of rotatable bonds is 5. The van der Waals surface area contributed by atoms with Crippen molar-refractivity contribution in [2.75, 3.05) is 24.5 Å². The van der Waals surface area contributed by atoms with Gasteiger partial charge in [0, 0.05) is 36.9 Å². The molecule has 7 heteroatoms. The van der Waals surface area contributed by atoms with E-state index in [0.29, 0.717) is 17.1 Å². The Balaban J connectivity index is 0.00000300. The molecule has 2 aromatic carbocycles. The van der Waals surface area contributed by atoms with Gasteiger partial charge in [0.25, 0.3) is 0 Å². The Morgan fingerprint density at radius 2 is 2.03 bits per heavy atom. The highest BCUT2D eigenvalue weighted by Crippen LogP contribution is 2.20. The van der Waals surface area contributed by atoms with Crippen molar-refractivity contribution in [2.45, 2.75) is 32.9 Å². The molecule has 0 aromatic heterocycles. The number of aryl methyl sites for hydroxylation is 1. The average Bonchev–Trinajstić information content (AvgIpc) is 3.16. The zero-order valence-electron chi connectivity index (χ0n) is 16.8. The molecule has 1 saturated heterocycles. The molecule has 0 saturated carbocycles. The summed E-state index contributed by atoms with van der Waals surface area (Å²) in [7, 11) is 0. The van der Waals surface area contributed by atoms with Crippen LogP contribution < -0.4 is 15.5 Å². The number of guanidine groups is 1.